The quantitative estimate of drug-likeness (QED) is 0.520. The summed E-state index contributed by atoms with van der Waals surface area (Å²) in [4.78, 5) is 42.5. The second-order valence-electron chi connectivity index (χ2n) is 9.66. The van der Waals surface area contributed by atoms with E-state index in [9.17, 15) is 19.5 Å². The molecule has 2 aromatic rings. The Kier molecular flexibility index (Phi) is 6.22. The van der Waals surface area contributed by atoms with Crippen molar-refractivity contribution in [2.45, 2.75) is 43.4 Å². The molecule has 3 N–H and O–H groups in total. The Labute approximate surface area is 209 Å². The molecule has 3 amide bonds. The molecule has 9 nitrogen and oxygen atoms in total. The average molecular weight is 494 g/mol. The molecule has 9 heteroatoms. The number of carbonyl (C=O) groups excluding carboxylic acids is 3. The molecular formula is C27H31N3O6. The third-order valence-electron chi connectivity index (χ3n) is 7.95. The molecule has 2 bridgehead atoms. The maximum Gasteiger partial charge on any atom is 0.250 e. The van der Waals surface area contributed by atoms with Crippen molar-refractivity contribution in [3.8, 4) is 5.75 Å². The van der Waals surface area contributed by atoms with Gasteiger partial charge in [0.1, 0.15) is 17.4 Å². The normalized spacial score (nSPS) is 30.2. The molecule has 2 unspecified atom stereocenters. The zero-order valence-electron chi connectivity index (χ0n) is 20.4. The van der Waals surface area contributed by atoms with Crippen molar-refractivity contribution in [1.82, 2.24) is 4.90 Å². The fourth-order valence-electron chi connectivity index (χ4n) is 6.39. The Morgan fingerprint density at radius 1 is 1.06 bits per heavy atom. The maximum atomic E-state index is 13.8. The number of β-amino-alcohol motifs (C(OH)–C–C–N with tert-alkyl or cyclic N) is 1. The van der Waals surface area contributed by atoms with Crippen LogP contribution in [0.5, 0.6) is 5.75 Å². The van der Waals surface area contributed by atoms with Crippen LogP contribution in [0.15, 0.2) is 54.6 Å². The van der Waals surface area contributed by atoms with Gasteiger partial charge in [0.15, 0.2) is 0 Å². The lowest BCUT2D eigenvalue weighted by molar-refractivity contribution is -0.144. The fraction of sp³-hybridized carbons (Fsp3) is 0.444. The minimum atomic E-state index is -1.14. The van der Waals surface area contributed by atoms with Crippen molar-refractivity contribution >= 4 is 29.1 Å². The number of amides is 3. The molecule has 0 aliphatic carbocycles. The van der Waals surface area contributed by atoms with E-state index in [0.29, 0.717) is 36.4 Å². The first-order chi connectivity index (χ1) is 17.4. The molecule has 3 aliphatic rings. The minimum Gasteiger partial charge on any atom is -0.497 e. The second-order valence-corrected chi connectivity index (χ2v) is 9.66. The molecule has 3 saturated heterocycles. The van der Waals surface area contributed by atoms with Crippen LogP contribution in [-0.4, -0.2) is 65.2 Å². The molecule has 0 aromatic heterocycles. The molecule has 36 heavy (non-hydrogen) atoms. The summed E-state index contributed by atoms with van der Waals surface area (Å²) in [5.74, 6) is -1.93. The van der Waals surface area contributed by atoms with Crippen LogP contribution in [0.25, 0.3) is 0 Å². The molecular weight excluding hydrogens is 462 g/mol. The molecule has 5 rings (SSSR count). The number of aliphatic hydroxyl groups is 1. The number of carbonyl (C=O) groups is 3. The summed E-state index contributed by atoms with van der Waals surface area (Å²) in [5.41, 5.74) is -0.786. The highest BCUT2D eigenvalue weighted by Gasteiger charge is 2.78. The summed E-state index contributed by atoms with van der Waals surface area (Å²) in [5, 5.41) is 15.6. The van der Waals surface area contributed by atoms with Crippen LogP contribution in [-0.2, 0) is 19.1 Å². The Hall–Kier alpha value is -3.43. The molecule has 3 heterocycles. The fourth-order valence-corrected chi connectivity index (χ4v) is 6.39. The molecule has 5 atom stereocenters. The van der Waals surface area contributed by atoms with Gasteiger partial charge in [-0.3, -0.25) is 14.4 Å². The summed E-state index contributed by atoms with van der Waals surface area (Å²) < 4.78 is 11.8. The number of anilines is 2. The van der Waals surface area contributed by atoms with Gasteiger partial charge in [0.25, 0.3) is 0 Å². The van der Waals surface area contributed by atoms with Crippen LogP contribution >= 0.6 is 0 Å². The number of nitrogens with one attached hydrogen (secondary N) is 2. The number of fused-ring (bicyclic) bond motifs is 1. The van der Waals surface area contributed by atoms with Crippen LogP contribution in [0.3, 0.4) is 0 Å². The number of hydrogen-bond donors (Lipinski definition) is 3. The first-order valence-corrected chi connectivity index (χ1v) is 12.3. The van der Waals surface area contributed by atoms with Crippen LogP contribution < -0.4 is 15.4 Å². The zero-order chi connectivity index (χ0) is 25.5. The lowest BCUT2D eigenvalue weighted by atomic mass is 9.65. The third-order valence-corrected chi connectivity index (χ3v) is 7.95. The monoisotopic (exact) mass is 493 g/mol. The average Bonchev–Trinajstić information content (AvgIpc) is 3.49. The first kappa shape index (κ1) is 24.3. The van der Waals surface area contributed by atoms with Crippen molar-refractivity contribution in [1.29, 1.82) is 0 Å². The Balaban J connectivity index is 1.49. The van der Waals surface area contributed by atoms with Crippen LogP contribution in [0.4, 0.5) is 11.4 Å². The highest BCUT2D eigenvalue weighted by Crippen LogP contribution is 2.64. The van der Waals surface area contributed by atoms with Gasteiger partial charge in [-0.2, -0.15) is 0 Å². The topological polar surface area (TPSA) is 117 Å². The largest absolute Gasteiger partial charge is 0.497 e. The van der Waals surface area contributed by atoms with Crippen LogP contribution in [0.2, 0.25) is 0 Å². The van der Waals surface area contributed by atoms with E-state index < -0.39 is 35.0 Å². The maximum absolute atomic E-state index is 13.8. The number of hydrogen-bond acceptors (Lipinski definition) is 6. The molecule has 0 saturated carbocycles. The summed E-state index contributed by atoms with van der Waals surface area (Å²) in [6.07, 6.45) is 1.59. The van der Waals surface area contributed by atoms with Gasteiger partial charge < -0.3 is 30.1 Å². The zero-order valence-corrected chi connectivity index (χ0v) is 20.4. The number of ether oxygens (including phenoxy) is 2. The van der Waals surface area contributed by atoms with Gasteiger partial charge in [-0.1, -0.05) is 25.1 Å². The van der Waals surface area contributed by atoms with Crippen molar-refractivity contribution in [3.05, 3.63) is 54.6 Å². The standard InChI is InChI=1S/C27H31N3O6/c1-3-26-13-14-27(36-26)21(20(26)23(32)28-17-7-5-4-6-8-17)25(34)30(15-16-31)22(27)24(33)29-18-9-11-19(35-2)12-10-18/h4-12,20-22,31H,3,13-16H2,1-2H3,(H,28,32)(H,29,33)/t20-,21+,22?,26+,27?/m1/s1. The Morgan fingerprint density at radius 2 is 1.72 bits per heavy atom. The highest BCUT2D eigenvalue weighted by molar-refractivity contribution is 6.05. The van der Waals surface area contributed by atoms with E-state index in [1.165, 1.54) is 4.90 Å². The molecule has 0 radical (unpaired) electrons. The van der Waals surface area contributed by atoms with E-state index in [0.717, 1.165) is 0 Å². The van der Waals surface area contributed by atoms with Crippen molar-refractivity contribution in [3.63, 3.8) is 0 Å². The molecule has 3 fully saturated rings. The van der Waals surface area contributed by atoms with E-state index in [4.69, 9.17) is 9.47 Å². The van der Waals surface area contributed by atoms with E-state index >= 15 is 0 Å². The summed E-state index contributed by atoms with van der Waals surface area (Å²) in [6.45, 7) is 1.62. The SMILES string of the molecule is CC[C@@]12CCC3(O1)C(C(=O)Nc1ccc(OC)cc1)N(CCO)C(=O)[C@@H]3[C@@H]2C(=O)Nc1ccccc1. The second kappa shape index (κ2) is 9.22. The van der Waals surface area contributed by atoms with Gasteiger partial charge in [-0.15, -0.1) is 0 Å². The summed E-state index contributed by atoms with van der Waals surface area (Å²) >= 11 is 0. The molecule has 2 aromatic carbocycles. The number of methoxy groups -OCH3 is 1. The van der Waals surface area contributed by atoms with Gasteiger partial charge >= 0.3 is 0 Å². The van der Waals surface area contributed by atoms with Crippen LogP contribution in [0, 0.1) is 11.8 Å². The predicted octanol–water partition coefficient (Wildman–Crippen LogP) is 2.42. The first-order valence-electron chi connectivity index (χ1n) is 12.3. The van der Waals surface area contributed by atoms with E-state index in [1.807, 2.05) is 25.1 Å². The summed E-state index contributed by atoms with van der Waals surface area (Å²) in [6, 6.07) is 15.0. The molecule has 1 spiro atoms. The molecule has 190 valence electrons. The molecule has 3 aliphatic heterocycles. The van der Waals surface area contributed by atoms with Crippen molar-refractivity contribution < 1.29 is 29.0 Å². The van der Waals surface area contributed by atoms with Crippen LogP contribution in [0.1, 0.15) is 26.2 Å². The smallest absolute Gasteiger partial charge is 0.250 e. The number of para-hydroxylation sites is 1. The summed E-state index contributed by atoms with van der Waals surface area (Å²) in [7, 11) is 1.56. The van der Waals surface area contributed by atoms with Crippen molar-refractivity contribution in [2.24, 2.45) is 11.8 Å². The van der Waals surface area contributed by atoms with Gasteiger partial charge in [0.05, 0.1) is 31.2 Å². The minimum absolute atomic E-state index is 0.0205. The number of rotatable bonds is 8. The van der Waals surface area contributed by atoms with E-state index in [1.54, 1.807) is 43.5 Å². The lowest BCUT2D eigenvalue weighted by Crippen LogP contribution is -2.53. The van der Waals surface area contributed by atoms with E-state index in [-0.39, 0.29) is 25.0 Å². The number of benzene rings is 2. The number of aliphatic hydroxyl groups excluding tert-OH is 1. The lowest BCUT2D eigenvalue weighted by Gasteiger charge is -2.33. The highest BCUT2D eigenvalue weighted by atomic mass is 16.5. The third kappa shape index (κ3) is 3.65. The Bertz CT molecular complexity index is 1160. The number of nitrogens with zero attached hydrogens (tertiary/aromatic N) is 1. The Morgan fingerprint density at radius 3 is 2.36 bits per heavy atom. The van der Waals surface area contributed by atoms with Crippen molar-refractivity contribution in [2.75, 3.05) is 30.9 Å². The van der Waals surface area contributed by atoms with Gasteiger partial charge in [0.2, 0.25) is 17.7 Å². The van der Waals surface area contributed by atoms with Gasteiger partial charge in [-0.25, -0.2) is 0 Å². The van der Waals surface area contributed by atoms with E-state index in [2.05, 4.69) is 10.6 Å². The van der Waals surface area contributed by atoms with Gasteiger partial charge in [0, 0.05) is 17.9 Å². The number of likely N-dealkylation sites (tertiary alicyclic amines) is 1. The van der Waals surface area contributed by atoms with Gasteiger partial charge in [-0.05, 0) is 55.7 Å². The predicted molar refractivity (Wildman–Crippen MR) is 132 cm³/mol.